The molecule has 0 aliphatic carbocycles. The number of hydrogen-bond donors (Lipinski definition) is 1. The third-order valence-electron chi connectivity index (χ3n) is 4.01. The third kappa shape index (κ3) is 1.52. The summed E-state index contributed by atoms with van der Waals surface area (Å²) in [5.74, 6) is 1.14. The molecule has 3 rings (SSSR count). The van der Waals surface area contributed by atoms with Crippen molar-refractivity contribution in [3.05, 3.63) is 6.20 Å². The van der Waals surface area contributed by atoms with Crippen LogP contribution in [0.4, 0.5) is 11.5 Å². The van der Waals surface area contributed by atoms with Gasteiger partial charge < -0.3 is 9.80 Å². The van der Waals surface area contributed by atoms with Gasteiger partial charge in [-0.2, -0.15) is 5.10 Å². The van der Waals surface area contributed by atoms with Gasteiger partial charge in [0.1, 0.15) is 17.5 Å². The minimum atomic E-state index is -0.0842. The van der Waals surface area contributed by atoms with E-state index in [0.29, 0.717) is 6.04 Å². The number of amides is 1. The molecule has 0 bridgehead atoms. The fraction of sp³-hybridized carbons (Fsp3) is 0.667. The van der Waals surface area contributed by atoms with Crippen LogP contribution in [0.5, 0.6) is 0 Å². The molecule has 0 radical (unpaired) electrons. The number of carbonyl (C=O) groups is 1. The van der Waals surface area contributed by atoms with Crippen molar-refractivity contribution >= 4 is 17.4 Å². The molecule has 0 saturated carbocycles. The van der Waals surface area contributed by atoms with Crippen LogP contribution in [0.25, 0.3) is 0 Å². The first kappa shape index (κ1) is 11.5. The van der Waals surface area contributed by atoms with Crippen LogP contribution in [-0.2, 0) is 4.79 Å². The van der Waals surface area contributed by atoms with Crippen LogP contribution in [0.15, 0.2) is 6.20 Å². The minimum Gasteiger partial charge on any atom is -0.341 e. The molecule has 98 valence electrons. The summed E-state index contributed by atoms with van der Waals surface area (Å²) in [6, 6.07) is 0.396. The predicted octanol–water partition coefficient (Wildman–Crippen LogP) is 0.285. The Hall–Kier alpha value is -1.56. The maximum atomic E-state index is 12.4. The molecule has 6 nitrogen and oxygen atoms in total. The summed E-state index contributed by atoms with van der Waals surface area (Å²) in [7, 11) is 1.82. The molecule has 18 heavy (non-hydrogen) atoms. The van der Waals surface area contributed by atoms with E-state index in [9.17, 15) is 4.79 Å². The molecule has 1 atom stereocenters. The van der Waals surface area contributed by atoms with Crippen molar-refractivity contribution in [2.24, 2.45) is 0 Å². The van der Waals surface area contributed by atoms with Gasteiger partial charge in [-0.15, -0.1) is 0 Å². The van der Waals surface area contributed by atoms with Gasteiger partial charge in [0.2, 0.25) is 0 Å². The van der Waals surface area contributed by atoms with E-state index in [1.807, 2.05) is 7.05 Å². The molecule has 1 fully saturated rings. The summed E-state index contributed by atoms with van der Waals surface area (Å²) >= 11 is 0. The van der Waals surface area contributed by atoms with E-state index in [1.165, 1.54) is 0 Å². The van der Waals surface area contributed by atoms with Crippen LogP contribution in [0.1, 0.15) is 13.8 Å². The first-order chi connectivity index (χ1) is 8.59. The van der Waals surface area contributed by atoms with Gasteiger partial charge in [-0.3, -0.25) is 14.8 Å². The SMILES string of the molecule is CC(C)N1CCN2c3[nH]ncc3N(C)C(=O)[C@H]2C1. The monoisotopic (exact) mass is 249 g/mol. The van der Waals surface area contributed by atoms with Gasteiger partial charge in [-0.1, -0.05) is 0 Å². The maximum Gasteiger partial charge on any atom is 0.250 e. The molecule has 0 unspecified atom stereocenters. The van der Waals surface area contributed by atoms with Gasteiger partial charge in [0.05, 0.1) is 6.20 Å². The average molecular weight is 249 g/mol. The lowest BCUT2D eigenvalue weighted by atomic mass is 10.1. The summed E-state index contributed by atoms with van der Waals surface area (Å²) in [6.07, 6.45) is 1.72. The summed E-state index contributed by atoms with van der Waals surface area (Å²) in [6.45, 7) is 7.00. The number of fused-ring (bicyclic) bond motifs is 3. The van der Waals surface area contributed by atoms with Crippen LogP contribution in [0, 0.1) is 0 Å². The molecule has 2 aliphatic heterocycles. The Balaban J connectivity index is 1.94. The van der Waals surface area contributed by atoms with Gasteiger partial charge in [0.15, 0.2) is 0 Å². The van der Waals surface area contributed by atoms with E-state index >= 15 is 0 Å². The van der Waals surface area contributed by atoms with Crippen molar-refractivity contribution in [1.82, 2.24) is 15.1 Å². The Morgan fingerprint density at radius 3 is 2.94 bits per heavy atom. The Morgan fingerprint density at radius 1 is 1.44 bits per heavy atom. The van der Waals surface area contributed by atoms with Crippen LogP contribution < -0.4 is 9.80 Å². The van der Waals surface area contributed by atoms with E-state index in [-0.39, 0.29) is 11.9 Å². The molecule has 0 aromatic carbocycles. The Morgan fingerprint density at radius 2 is 2.22 bits per heavy atom. The molecule has 1 saturated heterocycles. The summed E-state index contributed by atoms with van der Waals surface area (Å²) in [5.41, 5.74) is 0.884. The number of H-pyrrole nitrogens is 1. The van der Waals surface area contributed by atoms with Crippen molar-refractivity contribution < 1.29 is 4.79 Å². The first-order valence-electron chi connectivity index (χ1n) is 6.41. The van der Waals surface area contributed by atoms with Crippen molar-refractivity contribution in [3.8, 4) is 0 Å². The number of rotatable bonds is 1. The number of anilines is 2. The highest BCUT2D eigenvalue weighted by atomic mass is 16.2. The fourth-order valence-electron chi connectivity index (χ4n) is 2.82. The minimum absolute atomic E-state index is 0.0842. The van der Waals surface area contributed by atoms with Crippen LogP contribution >= 0.6 is 0 Å². The average Bonchev–Trinajstić information content (AvgIpc) is 2.84. The topological polar surface area (TPSA) is 55.5 Å². The van der Waals surface area contributed by atoms with E-state index in [2.05, 4.69) is 33.8 Å². The second-order valence-electron chi connectivity index (χ2n) is 5.30. The molecule has 1 aromatic heterocycles. The summed E-state index contributed by atoms with van der Waals surface area (Å²) in [5, 5.41) is 7.08. The molecule has 3 heterocycles. The van der Waals surface area contributed by atoms with Crippen molar-refractivity contribution in [3.63, 3.8) is 0 Å². The number of carbonyl (C=O) groups excluding carboxylic acids is 1. The van der Waals surface area contributed by atoms with E-state index in [4.69, 9.17) is 0 Å². The molecule has 1 amide bonds. The number of likely N-dealkylation sites (N-methyl/N-ethyl adjacent to an activating group) is 1. The lowest BCUT2D eigenvalue weighted by Gasteiger charge is -2.46. The van der Waals surface area contributed by atoms with Crippen molar-refractivity contribution in [2.45, 2.75) is 25.9 Å². The number of aromatic amines is 1. The quantitative estimate of drug-likeness (QED) is 0.777. The Labute approximate surface area is 107 Å². The molecular formula is C12H19N5O. The summed E-state index contributed by atoms with van der Waals surface area (Å²) in [4.78, 5) is 18.6. The largest absolute Gasteiger partial charge is 0.341 e. The molecule has 6 heteroatoms. The summed E-state index contributed by atoms with van der Waals surface area (Å²) < 4.78 is 0. The predicted molar refractivity (Wildman–Crippen MR) is 69.8 cm³/mol. The third-order valence-corrected chi connectivity index (χ3v) is 4.01. The molecule has 1 aromatic rings. The number of piperazine rings is 1. The van der Waals surface area contributed by atoms with E-state index in [0.717, 1.165) is 31.1 Å². The highest BCUT2D eigenvalue weighted by Crippen LogP contribution is 2.34. The zero-order valence-electron chi connectivity index (χ0n) is 11.1. The maximum absolute atomic E-state index is 12.4. The number of nitrogens with zero attached hydrogens (tertiary/aromatic N) is 4. The van der Waals surface area contributed by atoms with E-state index < -0.39 is 0 Å². The van der Waals surface area contributed by atoms with Gasteiger partial charge in [-0.05, 0) is 13.8 Å². The fourth-order valence-corrected chi connectivity index (χ4v) is 2.82. The van der Waals surface area contributed by atoms with Crippen molar-refractivity contribution in [1.29, 1.82) is 0 Å². The zero-order valence-corrected chi connectivity index (χ0v) is 11.1. The molecule has 1 N–H and O–H groups in total. The number of nitrogens with one attached hydrogen (secondary N) is 1. The Kier molecular flexibility index (Phi) is 2.55. The highest BCUT2D eigenvalue weighted by Gasteiger charge is 2.41. The van der Waals surface area contributed by atoms with Gasteiger partial charge in [-0.25, -0.2) is 0 Å². The molecule has 0 spiro atoms. The van der Waals surface area contributed by atoms with E-state index in [1.54, 1.807) is 11.1 Å². The van der Waals surface area contributed by atoms with Crippen LogP contribution in [-0.4, -0.2) is 59.8 Å². The second kappa shape index (κ2) is 3.98. The normalized spacial score (nSPS) is 24.4. The number of aromatic nitrogens is 2. The van der Waals surface area contributed by atoms with Crippen LogP contribution in [0.3, 0.4) is 0 Å². The van der Waals surface area contributed by atoms with Gasteiger partial charge in [0.25, 0.3) is 5.91 Å². The molecular weight excluding hydrogens is 230 g/mol. The standard InChI is InChI=1S/C12H19N5O/c1-8(2)16-4-5-17-10(7-16)12(18)15(3)9-6-13-14-11(9)17/h6,8,10H,4-5,7H2,1-3H3,(H,13,14)/t10-/m1/s1. The Bertz CT molecular complexity index is 469. The van der Waals surface area contributed by atoms with Crippen LogP contribution in [0.2, 0.25) is 0 Å². The van der Waals surface area contributed by atoms with Gasteiger partial charge in [0, 0.05) is 32.7 Å². The smallest absolute Gasteiger partial charge is 0.250 e. The second-order valence-corrected chi connectivity index (χ2v) is 5.30. The number of hydrogen-bond acceptors (Lipinski definition) is 4. The highest BCUT2D eigenvalue weighted by molar-refractivity contribution is 6.04. The lowest BCUT2D eigenvalue weighted by Crippen LogP contribution is -2.63. The molecule has 2 aliphatic rings. The zero-order chi connectivity index (χ0) is 12.9. The van der Waals surface area contributed by atoms with Gasteiger partial charge >= 0.3 is 0 Å². The van der Waals surface area contributed by atoms with Crippen molar-refractivity contribution in [2.75, 3.05) is 36.5 Å². The first-order valence-corrected chi connectivity index (χ1v) is 6.41. The lowest BCUT2D eigenvalue weighted by molar-refractivity contribution is -0.121.